The minimum Gasteiger partial charge on any atom is -0.478 e. The number of anilines is 1. The summed E-state index contributed by atoms with van der Waals surface area (Å²) in [4.78, 5) is 15.1. The summed E-state index contributed by atoms with van der Waals surface area (Å²) in [6.07, 6.45) is 3.51. The highest BCUT2D eigenvalue weighted by atomic mass is 32.2. The molecule has 3 aromatic rings. The van der Waals surface area contributed by atoms with Gasteiger partial charge in [0.15, 0.2) is 15.8 Å². The van der Waals surface area contributed by atoms with Crippen molar-refractivity contribution < 1.29 is 22.7 Å². The van der Waals surface area contributed by atoms with E-state index in [2.05, 4.69) is 23.3 Å². The Balaban J connectivity index is 0.000000775. The van der Waals surface area contributed by atoms with E-state index in [4.69, 9.17) is 9.47 Å². The van der Waals surface area contributed by atoms with Gasteiger partial charge >= 0.3 is 6.09 Å². The molecule has 1 aliphatic rings. The molecule has 1 aromatic heterocycles. The largest absolute Gasteiger partial charge is 0.478 e. The molecule has 1 fully saturated rings. The molecule has 1 saturated carbocycles. The number of H-pyrrole nitrogens is 1. The van der Waals surface area contributed by atoms with E-state index >= 15 is 0 Å². The second kappa shape index (κ2) is 10.4. The molecule has 9 heteroatoms. The first kappa shape index (κ1) is 26.1. The molecule has 35 heavy (non-hydrogen) atoms. The van der Waals surface area contributed by atoms with Gasteiger partial charge in [0.2, 0.25) is 0 Å². The van der Waals surface area contributed by atoms with Gasteiger partial charge in [0.05, 0.1) is 16.8 Å². The molecule has 0 atom stereocenters. The lowest BCUT2D eigenvalue weighted by Crippen LogP contribution is -2.27. The zero-order valence-corrected chi connectivity index (χ0v) is 21.5. The highest BCUT2D eigenvalue weighted by Crippen LogP contribution is 2.32. The molecular weight excluding hydrogens is 466 g/mol. The third-order valence-electron chi connectivity index (χ3n) is 5.01. The van der Waals surface area contributed by atoms with E-state index < -0.39 is 27.5 Å². The standard InChI is InChI=1S/C22H23N3O5S.C4H8/c1-22(2,3)30-21(26)24-15-7-5-14(6-8-15)20-18(12-23)17-10-9-16(11-19(17)25-20)29-13-31(4,27)28;1-4-2-3-4/h5-11,25H,13H2,1-4H3,(H,24,26);4H,2-3H2,1H3. The zero-order valence-electron chi connectivity index (χ0n) is 20.6. The number of sulfone groups is 1. The number of hydrogen-bond donors (Lipinski definition) is 2. The van der Waals surface area contributed by atoms with Gasteiger partial charge in [-0.2, -0.15) is 5.26 Å². The highest BCUT2D eigenvalue weighted by molar-refractivity contribution is 7.90. The third kappa shape index (κ3) is 8.04. The summed E-state index contributed by atoms with van der Waals surface area (Å²) in [6, 6.07) is 14.2. The smallest absolute Gasteiger partial charge is 0.412 e. The van der Waals surface area contributed by atoms with Crippen molar-refractivity contribution in [2.75, 3.05) is 17.5 Å². The third-order valence-corrected chi connectivity index (χ3v) is 5.55. The van der Waals surface area contributed by atoms with E-state index in [-0.39, 0.29) is 0 Å². The van der Waals surface area contributed by atoms with Crippen LogP contribution >= 0.6 is 0 Å². The van der Waals surface area contributed by atoms with Crippen molar-refractivity contribution in [3.8, 4) is 23.1 Å². The minimum atomic E-state index is -3.27. The van der Waals surface area contributed by atoms with E-state index in [1.54, 1.807) is 63.2 Å². The molecule has 2 aromatic carbocycles. The molecule has 0 unspecified atom stereocenters. The summed E-state index contributed by atoms with van der Waals surface area (Å²) in [5, 5.41) is 13.0. The molecule has 1 amide bonds. The highest BCUT2D eigenvalue weighted by Gasteiger charge is 2.17. The molecule has 0 saturated heterocycles. The van der Waals surface area contributed by atoms with Gasteiger partial charge in [0.25, 0.3) is 0 Å². The first-order valence-corrected chi connectivity index (χ1v) is 13.4. The number of benzene rings is 2. The van der Waals surface area contributed by atoms with Gasteiger partial charge in [-0.25, -0.2) is 13.2 Å². The van der Waals surface area contributed by atoms with Crippen LogP contribution in [-0.4, -0.2) is 37.3 Å². The average Bonchev–Trinajstić information content (AvgIpc) is 3.45. The van der Waals surface area contributed by atoms with Crippen LogP contribution < -0.4 is 10.1 Å². The summed E-state index contributed by atoms with van der Waals surface area (Å²) >= 11 is 0. The number of nitrogens with zero attached hydrogens (tertiary/aromatic N) is 1. The number of ether oxygens (including phenoxy) is 2. The number of nitriles is 1. The van der Waals surface area contributed by atoms with Gasteiger partial charge in [0.1, 0.15) is 17.4 Å². The maximum Gasteiger partial charge on any atom is 0.412 e. The Labute approximate surface area is 206 Å². The summed E-state index contributed by atoms with van der Waals surface area (Å²) in [7, 11) is -3.27. The van der Waals surface area contributed by atoms with Crippen LogP contribution in [0.25, 0.3) is 22.2 Å². The maximum absolute atomic E-state index is 11.9. The first-order valence-electron chi connectivity index (χ1n) is 11.3. The lowest BCUT2D eigenvalue weighted by molar-refractivity contribution is 0.0636. The SMILES string of the molecule is CC(C)(C)OC(=O)Nc1ccc(-c2[nH]c3cc(OCS(C)(=O)=O)ccc3c2C#N)cc1.CC1CC1. The predicted octanol–water partition coefficient (Wildman–Crippen LogP) is 5.85. The number of carbonyl (C=O) groups excluding carboxylic acids is 1. The van der Waals surface area contributed by atoms with Crippen LogP contribution in [0, 0.1) is 17.2 Å². The number of aromatic nitrogens is 1. The Hall–Kier alpha value is -3.51. The van der Waals surface area contributed by atoms with Crippen molar-refractivity contribution in [1.82, 2.24) is 4.98 Å². The number of carbonyl (C=O) groups is 1. The van der Waals surface area contributed by atoms with Crippen LogP contribution in [0.2, 0.25) is 0 Å². The van der Waals surface area contributed by atoms with Crippen LogP contribution in [0.4, 0.5) is 10.5 Å². The molecule has 0 bridgehead atoms. The Kier molecular flexibility index (Phi) is 7.76. The maximum atomic E-state index is 11.9. The van der Waals surface area contributed by atoms with E-state index in [9.17, 15) is 18.5 Å². The lowest BCUT2D eigenvalue weighted by atomic mass is 10.1. The molecule has 0 aliphatic heterocycles. The number of hydrogen-bond acceptors (Lipinski definition) is 6. The topological polar surface area (TPSA) is 121 Å². The van der Waals surface area contributed by atoms with Gasteiger partial charge in [-0.15, -0.1) is 0 Å². The van der Waals surface area contributed by atoms with E-state index in [1.807, 2.05) is 0 Å². The van der Waals surface area contributed by atoms with Crippen molar-refractivity contribution >= 4 is 32.5 Å². The van der Waals surface area contributed by atoms with Crippen LogP contribution in [0.1, 0.15) is 46.1 Å². The predicted molar refractivity (Wildman–Crippen MR) is 137 cm³/mol. The monoisotopic (exact) mass is 497 g/mol. The normalized spacial score (nSPS) is 13.4. The fourth-order valence-electron chi connectivity index (χ4n) is 3.08. The molecule has 8 nitrogen and oxygen atoms in total. The Morgan fingerprint density at radius 1 is 1.17 bits per heavy atom. The fourth-order valence-corrected chi connectivity index (χ4v) is 3.43. The summed E-state index contributed by atoms with van der Waals surface area (Å²) in [5.41, 5.74) is 2.43. The van der Waals surface area contributed by atoms with Gasteiger partial charge in [-0.05, 0) is 56.5 Å². The zero-order chi connectivity index (χ0) is 25.8. The van der Waals surface area contributed by atoms with Crippen molar-refractivity contribution in [2.24, 2.45) is 5.92 Å². The average molecular weight is 498 g/mol. The van der Waals surface area contributed by atoms with E-state index in [0.717, 1.165) is 17.7 Å². The van der Waals surface area contributed by atoms with Gasteiger partial charge in [-0.3, -0.25) is 5.32 Å². The second-order valence-electron chi connectivity index (χ2n) is 9.77. The van der Waals surface area contributed by atoms with Crippen molar-refractivity contribution in [3.05, 3.63) is 48.0 Å². The van der Waals surface area contributed by atoms with Crippen LogP contribution in [0.3, 0.4) is 0 Å². The van der Waals surface area contributed by atoms with Crippen molar-refractivity contribution in [3.63, 3.8) is 0 Å². The molecule has 4 rings (SSSR count). The van der Waals surface area contributed by atoms with Gasteiger partial charge < -0.3 is 14.5 Å². The number of fused-ring (bicyclic) bond motifs is 1. The first-order chi connectivity index (χ1) is 16.3. The number of amides is 1. The lowest BCUT2D eigenvalue weighted by Gasteiger charge is -2.19. The van der Waals surface area contributed by atoms with Crippen molar-refractivity contribution in [2.45, 2.75) is 46.1 Å². The van der Waals surface area contributed by atoms with Crippen LogP contribution in [-0.2, 0) is 14.6 Å². The Bertz CT molecular complexity index is 1340. The van der Waals surface area contributed by atoms with Gasteiger partial charge in [0, 0.05) is 23.4 Å². The Morgan fingerprint density at radius 3 is 2.31 bits per heavy atom. The van der Waals surface area contributed by atoms with Crippen LogP contribution in [0.5, 0.6) is 5.75 Å². The summed E-state index contributed by atoms with van der Waals surface area (Å²) in [6.45, 7) is 7.63. The summed E-state index contributed by atoms with van der Waals surface area (Å²) < 4.78 is 33.2. The van der Waals surface area contributed by atoms with Crippen LogP contribution in [0.15, 0.2) is 42.5 Å². The molecule has 186 valence electrons. The molecular formula is C26H31N3O5S. The van der Waals surface area contributed by atoms with Crippen molar-refractivity contribution in [1.29, 1.82) is 5.26 Å². The number of nitrogens with one attached hydrogen (secondary N) is 2. The van der Waals surface area contributed by atoms with E-state index in [0.29, 0.717) is 33.6 Å². The molecule has 0 radical (unpaired) electrons. The second-order valence-corrected chi connectivity index (χ2v) is 11.9. The molecule has 1 heterocycles. The van der Waals surface area contributed by atoms with Gasteiger partial charge in [-0.1, -0.05) is 31.9 Å². The number of rotatable bonds is 5. The Morgan fingerprint density at radius 2 is 1.80 bits per heavy atom. The molecule has 2 N–H and O–H groups in total. The molecule has 1 aliphatic carbocycles. The number of aromatic amines is 1. The molecule has 0 spiro atoms. The van der Waals surface area contributed by atoms with E-state index in [1.165, 1.54) is 12.8 Å². The quantitative estimate of drug-likeness (QED) is 0.456. The minimum absolute atomic E-state index is 0.382. The fraction of sp³-hybridized carbons (Fsp3) is 0.385. The summed E-state index contributed by atoms with van der Waals surface area (Å²) in [5.74, 6) is 1.04.